The van der Waals surface area contributed by atoms with E-state index in [9.17, 15) is 4.79 Å². The summed E-state index contributed by atoms with van der Waals surface area (Å²) in [6, 6.07) is 6.04. The van der Waals surface area contributed by atoms with E-state index in [0.29, 0.717) is 11.6 Å². The highest BCUT2D eigenvalue weighted by Crippen LogP contribution is 2.26. The number of aromatic nitrogens is 2. The minimum atomic E-state index is -0.0478. The second kappa shape index (κ2) is 5.61. The van der Waals surface area contributed by atoms with Gasteiger partial charge < -0.3 is 10.3 Å². The van der Waals surface area contributed by atoms with Crippen molar-refractivity contribution < 1.29 is 4.79 Å². The van der Waals surface area contributed by atoms with Crippen molar-refractivity contribution in [3.8, 4) is 0 Å². The van der Waals surface area contributed by atoms with E-state index >= 15 is 0 Å². The van der Waals surface area contributed by atoms with Gasteiger partial charge in [0, 0.05) is 26.4 Å². The number of H-pyrrole nitrogens is 1. The fourth-order valence-corrected chi connectivity index (χ4v) is 3.38. The number of halogens is 1. The molecule has 1 amide bonds. The van der Waals surface area contributed by atoms with Gasteiger partial charge in [0.1, 0.15) is 0 Å². The minimum absolute atomic E-state index is 0.0478. The number of amides is 1. The summed E-state index contributed by atoms with van der Waals surface area (Å²) in [5, 5.41) is 6.50. The molecule has 108 valence electrons. The van der Waals surface area contributed by atoms with Gasteiger partial charge in [-0.15, -0.1) is 11.3 Å². The molecule has 6 heteroatoms. The van der Waals surface area contributed by atoms with Crippen molar-refractivity contribution in [2.24, 2.45) is 0 Å². The number of hydrogen-bond donors (Lipinski definition) is 2. The van der Waals surface area contributed by atoms with E-state index in [2.05, 4.69) is 31.2 Å². The van der Waals surface area contributed by atoms with Crippen LogP contribution in [0, 0.1) is 13.8 Å². The molecular weight excluding hydrogens is 350 g/mol. The summed E-state index contributed by atoms with van der Waals surface area (Å²) in [5.41, 5.74) is 4.01. The summed E-state index contributed by atoms with van der Waals surface area (Å²) in [7, 11) is 0. The van der Waals surface area contributed by atoms with Gasteiger partial charge in [-0.2, -0.15) is 0 Å². The van der Waals surface area contributed by atoms with E-state index in [1.807, 2.05) is 37.4 Å². The molecule has 2 aromatic heterocycles. The molecule has 0 aliphatic carbocycles. The standard InChI is InChI=1S/C15H14BrN3OS/c1-8-7-21-15(17-8)19-14(20)6-11-9(2)18-13-4-3-10(16)5-12(11)13/h3-5,7,18H,6H2,1-2H3,(H,17,19,20). The van der Waals surface area contributed by atoms with E-state index in [1.54, 1.807) is 0 Å². The summed E-state index contributed by atoms with van der Waals surface area (Å²) in [6.45, 7) is 3.90. The lowest BCUT2D eigenvalue weighted by atomic mass is 10.1. The highest BCUT2D eigenvalue weighted by atomic mass is 79.9. The Hall–Kier alpha value is -1.66. The highest BCUT2D eigenvalue weighted by Gasteiger charge is 2.13. The van der Waals surface area contributed by atoms with E-state index in [0.717, 1.165) is 32.3 Å². The van der Waals surface area contributed by atoms with Crippen molar-refractivity contribution in [2.75, 3.05) is 5.32 Å². The van der Waals surface area contributed by atoms with Crippen LogP contribution in [0.2, 0.25) is 0 Å². The maximum absolute atomic E-state index is 12.2. The summed E-state index contributed by atoms with van der Waals surface area (Å²) in [4.78, 5) is 19.8. The Labute approximate surface area is 134 Å². The number of thiazole rings is 1. The van der Waals surface area contributed by atoms with Crippen molar-refractivity contribution in [3.63, 3.8) is 0 Å². The molecule has 21 heavy (non-hydrogen) atoms. The van der Waals surface area contributed by atoms with Crippen LogP contribution in [-0.4, -0.2) is 15.9 Å². The van der Waals surface area contributed by atoms with Crippen LogP contribution in [0.1, 0.15) is 17.0 Å². The number of carbonyl (C=O) groups excluding carboxylic acids is 1. The fraction of sp³-hybridized carbons (Fsp3) is 0.200. The number of anilines is 1. The molecule has 2 N–H and O–H groups in total. The zero-order valence-electron chi connectivity index (χ0n) is 11.7. The third kappa shape index (κ3) is 3.01. The number of rotatable bonds is 3. The Balaban J connectivity index is 1.85. The number of fused-ring (bicyclic) bond motifs is 1. The highest BCUT2D eigenvalue weighted by molar-refractivity contribution is 9.10. The first-order chi connectivity index (χ1) is 10.0. The molecule has 2 heterocycles. The third-order valence-corrected chi connectivity index (χ3v) is 4.65. The average Bonchev–Trinajstić information content (AvgIpc) is 2.95. The van der Waals surface area contributed by atoms with Gasteiger partial charge in [-0.1, -0.05) is 15.9 Å². The predicted molar refractivity (Wildman–Crippen MR) is 89.9 cm³/mol. The number of benzene rings is 1. The molecule has 4 nitrogen and oxygen atoms in total. The van der Waals surface area contributed by atoms with Crippen molar-refractivity contribution >= 4 is 49.2 Å². The zero-order chi connectivity index (χ0) is 15.0. The van der Waals surface area contributed by atoms with Crippen LogP contribution in [0.5, 0.6) is 0 Å². The first-order valence-corrected chi connectivity index (χ1v) is 8.19. The van der Waals surface area contributed by atoms with Gasteiger partial charge in [0.05, 0.1) is 12.1 Å². The number of nitrogens with zero attached hydrogens (tertiary/aromatic N) is 1. The van der Waals surface area contributed by atoms with Crippen LogP contribution in [-0.2, 0) is 11.2 Å². The molecule has 0 fully saturated rings. The molecule has 0 atom stereocenters. The molecule has 3 aromatic rings. The number of carbonyl (C=O) groups is 1. The summed E-state index contributed by atoms with van der Waals surface area (Å²) >= 11 is 4.92. The molecule has 3 rings (SSSR count). The van der Waals surface area contributed by atoms with Gasteiger partial charge >= 0.3 is 0 Å². The normalized spacial score (nSPS) is 11.0. The van der Waals surface area contributed by atoms with Gasteiger partial charge in [-0.05, 0) is 37.6 Å². The maximum Gasteiger partial charge on any atom is 0.230 e. The third-order valence-electron chi connectivity index (χ3n) is 3.28. The first-order valence-electron chi connectivity index (χ1n) is 6.51. The minimum Gasteiger partial charge on any atom is -0.358 e. The van der Waals surface area contributed by atoms with Crippen LogP contribution in [0.25, 0.3) is 10.9 Å². The second-order valence-electron chi connectivity index (χ2n) is 4.94. The van der Waals surface area contributed by atoms with E-state index in [-0.39, 0.29) is 5.91 Å². The van der Waals surface area contributed by atoms with Gasteiger partial charge in [0.15, 0.2) is 5.13 Å². The van der Waals surface area contributed by atoms with Crippen LogP contribution >= 0.6 is 27.3 Å². The van der Waals surface area contributed by atoms with E-state index in [1.165, 1.54) is 11.3 Å². The summed E-state index contributed by atoms with van der Waals surface area (Å²) < 4.78 is 1.01. The largest absolute Gasteiger partial charge is 0.358 e. The fourth-order valence-electron chi connectivity index (χ4n) is 2.32. The van der Waals surface area contributed by atoms with Gasteiger partial charge in [0.25, 0.3) is 0 Å². The Kier molecular flexibility index (Phi) is 3.82. The quantitative estimate of drug-likeness (QED) is 0.732. The average molecular weight is 364 g/mol. The van der Waals surface area contributed by atoms with Crippen molar-refractivity contribution in [3.05, 3.63) is 45.0 Å². The smallest absolute Gasteiger partial charge is 0.230 e. The molecule has 0 aliphatic heterocycles. The van der Waals surface area contributed by atoms with Crippen LogP contribution in [0.3, 0.4) is 0 Å². The van der Waals surface area contributed by atoms with Gasteiger partial charge in [-0.25, -0.2) is 4.98 Å². The monoisotopic (exact) mass is 363 g/mol. The first kappa shape index (κ1) is 14.3. The lowest BCUT2D eigenvalue weighted by molar-refractivity contribution is -0.115. The number of nitrogens with one attached hydrogen (secondary N) is 2. The van der Waals surface area contributed by atoms with Crippen LogP contribution < -0.4 is 5.32 Å². The summed E-state index contributed by atoms with van der Waals surface area (Å²) in [6.07, 6.45) is 0.334. The number of aromatic amines is 1. The lowest BCUT2D eigenvalue weighted by Gasteiger charge is -2.03. The topological polar surface area (TPSA) is 57.8 Å². The molecule has 1 aromatic carbocycles. The van der Waals surface area contributed by atoms with Crippen molar-refractivity contribution in [2.45, 2.75) is 20.3 Å². The molecule has 0 bridgehead atoms. The van der Waals surface area contributed by atoms with Crippen LogP contribution in [0.15, 0.2) is 28.1 Å². The van der Waals surface area contributed by atoms with E-state index in [4.69, 9.17) is 0 Å². The van der Waals surface area contributed by atoms with Crippen molar-refractivity contribution in [1.29, 1.82) is 0 Å². The van der Waals surface area contributed by atoms with Gasteiger partial charge in [-0.3, -0.25) is 4.79 Å². The Morgan fingerprint density at radius 1 is 1.43 bits per heavy atom. The Morgan fingerprint density at radius 2 is 2.24 bits per heavy atom. The molecule has 0 unspecified atom stereocenters. The Morgan fingerprint density at radius 3 is 2.95 bits per heavy atom. The molecule has 0 spiro atoms. The maximum atomic E-state index is 12.2. The molecule has 0 saturated carbocycles. The van der Waals surface area contributed by atoms with E-state index < -0.39 is 0 Å². The SMILES string of the molecule is Cc1csc(NC(=O)Cc2c(C)[nH]c3ccc(Br)cc23)n1. The molecular formula is C15H14BrN3OS. The Bertz CT molecular complexity index is 822. The van der Waals surface area contributed by atoms with Crippen molar-refractivity contribution in [1.82, 2.24) is 9.97 Å². The van der Waals surface area contributed by atoms with Crippen LogP contribution in [0.4, 0.5) is 5.13 Å². The van der Waals surface area contributed by atoms with Gasteiger partial charge in [0.2, 0.25) is 5.91 Å². The molecule has 0 radical (unpaired) electrons. The predicted octanol–water partition coefficient (Wildman–Crippen LogP) is 4.18. The lowest BCUT2D eigenvalue weighted by Crippen LogP contribution is -2.14. The molecule has 0 aliphatic rings. The zero-order valence-corrected chi connectivity index (χ0v) is 14.1. The second-order valence-corrected chi connectivity index (χ2v) is 6.71. The number of hydrogen-bond acceptors (Lipinski definition) is 3. The number of aryl methyl sites for hydroxylation is 2. The summed E-state index contributed by atoms with van der Waals surface area (Å²) in [5.74, 6) is -0.0478. The molecule has 0 saturated heterocycles.